The first-order chi connectivity index (χ1) is 7.49. The third kappa shape index (κ3) is 4.06. The Kier molecular flexibility index (Phi) is 4.55. The Bertz CT molecular complexity index is 382. The molecule has 1 aromatic rings. The first-order valence-corrected chi connectivity index (χ1v) is 5.35. The molecule has 0 aliphatic heterocycles. The van der Waals surface area contributed by atoms with Gasteiger partial charge in [0.1, 0.15) is 5.82 Å². The van der Waals surface area contributed by atoms with Gasteiger partial charge in [-0.2, -0.15) is 0 Å². The maximum Gasteiger partial charge on any atom is 0.239 e. The van der Waals surface area contributed by atoms with Crippen LogP contribution in [0.1, 0.15) is 13.8 Å². The lowest BCUT2D eigenvalue weighted by molar-refractivity contribution is -0.119. The molecular weight excluding hydrogens is 231 g/mol. The van der Waals surface area contributed by atoms with E-state index in [1.165, 1.54) is 18.2 Å². The summed E-state index contributed by atoms with van der Waals surface area (Å²) in [7, 11) is 0. The number of nitrogens with one attached hydrogen (secondary N) is 2. The minimum atomic E-state index is -0.401. The van der Waals surface area contributed by atoms with E-state index in [0.717, 1.165) is 0 Å². The molecule has 0 aliphatic rings. The second-order valence-electron chi connectivity index (χ2n) is 3.70. The van der Waals surface area contributed by atoms with Gasteiger partial charge in [-0.25, -0.2) is 4.39 Å². The molecule has 0 atom stereocenters. The fourth-order valence-electron chi connectivity index (χ4n) is 1.18. The molecule has 0 saturated heterocycles. The molecule has 0 radical (unpaired) electrons. The second-order valence-corrected chi connectivity index (χ2v) is 4.11. The van der Waals surface area contributed by atoms with Crippen molar-refractivity contribution in [3.8, 4) is 0 Å². The maximum atomic E-state index is 12.7. The van der Waals surface area contributed by atoms with Crippen LogP contribution in [0.3, 0.4) is 0 Å². The van der Waals surface area contributed by atoms with Crippen LogP contribution >= 0.6 is 11.6 Å². The van der Waals surface area contributed by atoms with E-state index in [1.54, 1.807) is 0 Å². The minimum Gasteiger partial charge on any atom is -0.375 e. The van der Waals surface area contributed by atoms with Crippen LogP contribution in [0.15, 0.2) is 18.2 Å². The van der Waals surface area contributed by atoms with Gasteiger partial charge in [-0.1, -0.05) is 11.6 Å². The largest absolute Gasteiger partial charge is 0.375 e. The summed E-state index contributed by atoms with van der Waals surface area (Å²) in [6.45, 7) is 3.87. The van der Waals surface area contributed by atoms with E-state index >= 15 is 0 Å². The maximum absolute atomic E-state index is 12.7. The first kappa shape index (κ1) is 12.8. The Morgan fingerprint density at radius 1 is 1.50 bits per heavy atom. The highest BCUT2D eigenvalue weighted by atomic mass is 35.5. The van der Waals surface area contributed by atoms with Gasteiger partial charge in [-0.15, -0.1) is 0 Å². The SMILES string of the molecule is CC(C)NC(=O)CNc1ccc(F)cc1Cl. The van der Waals surface area contributed by atoms with E-state index in [2.05, 4.69) is 10.6 Å². The number of hydrogen-bond donors (Lipinski definition) is 2. The summed E-state index contributed by atoms with van der Waals surface area (Å²) in [5, 5.41) is 5.82. The molecule has 5 heteroatoms. The third-order valence-corrected chi connectivity index (χ3v) is 2.13. The van der Waals surface area contributed by atoms with Crippen LogP contribution in [-0.4, -0.2) is 18.5 Å². The average Bonchev–Trinajstić information content (AvgIpc) is 2.15. The van der Waals surface area contributed by atoms with E-state index in [1.807, 2.05) is 13.8 Å². The lowest BCUT2D eigenvalue weighted by Gasteiger charge is -2.10. The highest BCUT2D eigenvalue weighted by molar-refractivity contribution is 6.33. The molecule has 3 nitrogen and oxygen atoms in total. The fraction of sp³-hybridized carbons (Fsp3) is 0.364. The van der Waals surface area contributed by atoms with Crippen molar-refractivity contribution in [2.24, 2.45) is 0 Å². The zero-order chi connectivity index (χ0) is 12.1. The van der Waals surface area contributed by atoms with Crippen molar-refractivity contribution >= 4 is 23.2 Å². The summed E-state index contributed by atoms with van der Waals surface area (Å²) in [6, 6.07) is 4.08. The van der Waals surface area contributed by atoms with E-state index < -0.39 is 5.82 Å². The van der Waals surface area contributed by atoms with Gasteiger partial charge in [-0.3, -0.25) is 4.79 Å². The molecule has 0 aliphatic carbocycles. The van der Waals surface area contributed by atoms with Gasteiger partial charge in [0.2, 0.25) is 5.91 Å². The van der Waals surface area contributed by atoms with Crippen molar-refractivity contribution in [1.29, 1.82) is 0 Å². The molecule has 16 heavy (non-hydrogen) atoms. The Balaban J connectivity index is 2.51. The molecule has 0 saturated carbocycles. The molecule has 0 spiro atoms. The minimum absolute atomic E-state index is 0.0954. The highest BCUT2D eigenvalue weighted by Crippen LogP contribution is 2.21. The number of benzene rings is 1. The number of hydrogen-bond acceptors (Lipinski definition) is 2. The lowest BCUT2D eigenvalue weighted by atomic mass is 10.3. The van der Waals surface area contributed by atoms with Crippen molar-refractivity contribution in [3.05, 3.63) is 29.0 Å². The van der Waals surface area contributed by atoms with Crippen molar-refractivity contribution in [2.75, 3.05) is 11.9 Å². The van der Waals surface area contributed by atoms with Crippen LogP contribution in [-0.2, 0) is 4.79 Å². The topological polar surface area (TPSA) is 41.1 Å². The van der Waals surface area contributed by atoms with Crippen LogP contribution in [0.5, 0.6) is 0 Å². The Morgan fingerprint density at radius 3 is 2.75 bits per heavy atom. The predicted octanol–water partition coefficient (Wildman–Crippen LogP) is 2.42. The van der Waals surface area contributed by atoms with Crippen LogP contribution in [0.25, 0.3) is 0 Å². The molecule has 0 unspecified atom stereocenters. The van der Waals surface area contributed by atoms with Gasteiger partial charge in [0.05, 0.1) is 17.3 Å². The summed E-state index contributed by atoms with van der Waals surface area (Å²) in [4.78, 5) is 11.3. The molecule has 88 valence electrons. The lowest BCUT2D eigenvalue weighted by Crippen LogP contribution is -2.34. The predicted molar refractivity (Wildman–Crippen MR) is 63.2 cm³/mol. The van der Waals surface area contributed by atoms with Gasteiger partial charge >= 0.3 is 0 Å². The van der Waals surface area contributed by atoms with Crippen molar-refractivity contribution in [3.63, 3.8) is 0 Å². The normalized spacial score (nSPS) is 10.3. The number of halogens is 2. The Labute approximate surface area is 99.0 Å². The van der Waals surface area contributed by atoms with Crippen molar-refractivity contribution < 1.29 is 9.18 Å². The van der Waals surface area contributed by atoms with Crippen LogP contribution in [0.2, 0.25) is 5.02 Å². The number of rotatable bonds is 4. The van der Waals surface area contributed by atoms with E-state index in [0.29, 0.717) is 5.69 Å². The van der Waals surface area contributed by atoms with E-state index in [4.69, 9.17) is 11.6 Å². The number of carbonyl (C=O) groups is 1. The van der Waals surface area contributed by atoms with Crippen LogP contribution < -0.4 is 10.6 Å². The van der Waals surface area contributed by atoms with Crippen LogP contribution in [0, 0.1) is 5.82 Å². The fourth-order valence-corrected chi connectivity index (χ4v) is 1.42. The summed E-state index contributed by atoms with van der Waals surface area (Å²) in [5.41, 5.74) is 0.543. The molecule has 1 rings (SSSR count). The number of carbonyl (C=O) groups excluding carboxylic acids is 1. The molecule has 0 aromatic heterocycles. The highest BCUT2D eigenvalue weighted by Gasteiger charge is 2.05. The zero-order valence-corrected chi connectivity index (χ0v) is 9.94. The standard InChI is InChI=1S/C11H14ClFN2O/c1-7(2)15-11(16)6-14-10-4-3-8(13)5-9(10)12/h3-5,7,14H,6H2,1-2H3,(H,15,16). The first-order valence-electron chi connectivity index (χ1n) is 4.97. The second kappa shape index (κ2) is 5.70. The number of amides is 1. The van der Waals surface area contributed by atoms with Crippen LogP contribution in [0.4, 0.5) is 10.1 Å². The monoisotopic (exact) mass is 244 g/mol. The molecular formula is C11H14ClFN2O. The molecule has 0 fully saturated rings. The van der Waals surface area contributed by atoms with Gasteiger partial charge in [-0.05, 0) is 32.0 Å². The summed E-state index contributed by atoms with van der Waals surface area (Å²) in [6.07, 6.45) is 0. The smallest absolute Gasteiger partial charge is 0.239 e. The quantitative estimate of drug-likeness (QED) is 0.854. The molecule has 2 N–H and O–H groups in total. The molecule has 0 bridgehead atoms. The molecule has 1 amide bonds. The van der Waals surface area contributed by atoms with Crippen molar-refractivity contribution in [1.82, 2.24) is 5.32 Å². The third-order valence-electron chi connectivity index (χ3n) is 1.82. The van der Waals surface area contributed by atoms with Crippen molar-refractivity contribution in [2.45, 2.75) is 19.9 Å². The average molecular weight is 245 g/mol. The molecule has 1 aromatic carbocycles. The summed E-state index contributed by atoms with van der Waals surface area (Å²) < 4.78 is 12.7. The zero-order valence-electron chi connectivity index (χ0n) is 9.18. The van der Waals surface area contributed by atoms with Gasteiger partial charge in [0.15, 0.2) is 0 Å². The molecule has 0 heterocycles. The summed E-state index contributed by atoms with van der Waals surface area (Å²) in [5.74, 6) is -0.530. The van der Waals surface area contributed by atoms with Gasteiger partial charge in [0, 0.05) is 6.04 Å². The van der Waals surface area contributed by atoms with Gasteiger partial charge < -0.3 is 10.6 Å². The van der Waals surface area contributed by atoms with E-state index in [9.17, 15) is 9.18 Å². The van der Waals surface area contributed by atoms with Gasteiger partial charge in [0.25, 0.3) is 0 Å². The Hall–Kier alpha value is -1.29. The Morgan fingerprint density at radius 2 is 2.19 bits per heavy atom. The van der Waals surface area contributed by atoms with E-state index in [-0.39, 0.29) is 23.5 Å². The summed E-state index contributed by atoms with van der Waals surface area (Å²) >= 11 is 5.78. The number of anilines is 1.